The van der Waals surface area contributed by atoms with Crippen molar-refractivity contribution in [3.63, 3.8) is 0 Å². The van der Waals surface area contributed by atoms with Crippen molar-refractivity contribution in [2.45, 2.75) is 284 Å². The smallest absolute Gasteiger partial charge is 0.306 e. The molecule has 6 nitrogen and oxygen atoms in total. The summed E-state index contributed by atoms with van der Waals surface area (Å²) in [6.45, 7) is 6.49. The van der Waals surface area contributed by atoms with Crippen LogP contribution in [0.25, 0.3) is 0 Å². The van der Waals surface area contributed by atoms with Gasteiger partial charge in [0.25, 0.3) is 0 Å². The molecule has 0 radical (unpaired) electrons. The van der Waals surface area contributed by atoms with Crippen molar-refractivity contribution in [1.82, 2.24) is 0 Å². The zero-order valence-electron chi connectivity index (χ0n) is 45.3. The second-order valence-electron chi connectivity index (χ2n) is 19.2. The lowest BCUT2D eigenvalue weighted by atomic mass is 10.0. The molecule has 0 fully saturated rings. The van der Waals surface area contributed by atoms with Gasteiger partial charge < -0.3 is 14.2 Å². The van der Waals surface area contributed by atoms with Crippen LogP contribution in [-0.2, 0) is 28.6 Å². The van der Waals surface area contributed by atoms with Crippen molar-refractivity contribution in [3.05, 3.63) is 85.1 Å². The average molecular weight is 962 g/mol. The van der Waals surface area contributed by atoms with Crippen LogP contribution in [0.2, 0.25) is 0 Å². The minimum absolute atomic E-state index is 0.0939. The summed E-state index contributed by atoms with van der Waals surface area (Å²) in [6.07, 6.45) is 74.3. The first kappa shape index (κ1) is 65.6. The minimum Gasteiger partial charge on any atom is -0.462 e. The fourth-order valence-electron chi connectivity index (χ4n) is 8.03. The standard InChI is InChI=1S/C63H108O6/c1-4-7-10-13-16-19-22-25-27-28-29-30-31-32-33-34-36-38-41-44-47-50-53-56-62(65)68-59-60(58-67-61(64)55-52-49-46-43-40-37-24-21-18-15-12-9-6-3)69-63(66)57-54-51-48-45-42-39-35-26-23-20-17-14-11-8-5-2/h8,11,17,20,22,25-26,28-29,31-32,35,42,45,60H,4-7,9-10,12-16,18-19,21,23-24,27,30,33-34,36-41,43-44,46-59H2,1-3H3/b11-8-,20-17-,25-22-,29-28-,32-31-,35-26-,45-42-. The molecule has 0 aromatic heterocycles. The monoisotopic (exact) mass is 961 g/mol. The summed E-state index contributed by atoms with van der Waals surface area (Å²) >= 11 is 0. The maximum Gasteiger partial charge on any atom is 0.306 e. The van der Waals surface area contributed by atoms with Crippen molar-refractivity contribution in [2.24, 2.45) is 0 Å². The molecule has 69 heavy (non-hydrogen) atoms. The van der Waals surface area contributed by atoms with Crippen LogP contribution >= 0.6 is 0 Å². The summed E-state index contributed by atoms with van der Waals surface area (Å²) in [5.74, 6) is -0.937. The van der Waals surface area contributed by atoms with Crippen LogP contribution in [0, 0.1) is 0 Å². The van der Waals surface area contributed by atoms with Crippen molar-refractivity contribution >= 4 is 17.9 Å². The molecular weight excluding hydrogens is 853 g/mol. The number of rotatable bonds is 52. The molecule has 0 saturated heterocycles. The SMILES string of the molecule is CC/C=C\C/C=C\C/C=C\C/C=C\CCCCC(=O)OC(COC(=O)CCCCCCCCCC/C=C\C/C=C\C/C=C\CCCCCCC)COC(=O)CCCCCCCCCCCCCCC. The zero-order chi connectivity index (χ0) is 50.0. The molecule has 0 aliphatic heterocycles. The Bertz CT molecular complexity index is 1330. The van der Waals surface area contributed by atoms with E-state index in [-0.39, 0.29) is 37.5 Å². The summed E-state index contributed by atoms with van der Waals surface area (Å²) in [4.78, 5) is 38.1. The minimum atomic E-state index is -0.800. The lowest BCUT2D eigenvalue weighted by Gasteiger charge is -2.18. The van der Waals surface area contributed by atoms with Gasteiger partial charge in [-0.3, -0.25) is 14.4 Å². The topological polar surface area (TPSA) is 78.9 Å². The Morgan fingerprint density at radius 1 is 0.304 bits per heavy atom. The van der Waals surface area contributed by atoms with Gasteiger partial charge in [0.05, 0.1) is 0 Å². The Hall–Kier alpha value is -3.41. The third-order valence-electron chi connectivity index (χ3n) is 12.4. The summed E-state index contributed by atoms with van der Waals surface area (Å²) in [5, 5.41) is 0. The number of allylic oxidation sites excluding steroid dienone is 14. The molecule has 0 saturated carbocycles. The third kappa shape index (κ3) is 55.4. The second kappa shape index (κ2) is 57.2. The largest absolute Gasteiger partial charge is 0.462 e. The lowest BCUT2D eigenvalue weighted by molar-refractivity contribution is -0.167. The molecule has 0 aromatic carbocycles. The first-order valence-electron chi connectivity index (χ1n) is 29.1. The van der Waals surface area contributed by atoms with E-state index in [4.69, 9.17) is 14.2 Å². The Balaban J connectivity index is 4.38. The average Bonchev–Trinajstić information content (AvgIpc) is 3.35. The zero-order valence-corrected chi connectivity index (χ0v) is 45.3. The maximum atomic E-state index is 12.8. The molecule has 0 bridgehead atoms. The molecule has 396 valence electrons. The lowest BCUT2D eigenvalue weighted by Crippen LogP contribution is -2.30. The van der Waals surface area contributed by atoms with Crippen LogP contribution in [0.1, 0.15) is 278 Å². The maximum absolute atomic E-state index is 12.8. The van der Waals surface area contributed by atoms with Crippen LogP contribution in [0.5, 0.6) is 0 Å². The van der Waals surface area contributed by atoms with Gasteiger partial charge in [0.1, 0.15) is 13.2 Å². The van der Waals surface area contributed by atoms with Crippen LogP contribution in [0.4, 0.5) is 0 Å². The molecule has 1 atom stereocenters. The van der Waals surface area contributed by atoms with E-state index in [1.165, 1.54) is 135 Å². The summed E-state index contributed by atoms with van der Waals surface area (Å²) in [7, 11) is 0. The highest BCUT2D eigenvalue weighted by Gasteiger charge is 2.19. The highest BCUT2D eigenvalue weighted by Crippen LogP contribution is 2.15. The number of hydrogen-bond donors (Lipinski definition) is 0. The molecule has 0 aromatic rings. The Kier molecular flexibility index (Phi) is 54.3. The van der Waals surface area contributed by atoms with Gasteiger partial charge in [-0.15, -0.1) is 0 Å². The van der Waals surface area contributed by atoms with E-state index in [1.54, 1.807) is 0 Å². The first-order chi connectivity index (χ1) is 34.0. The van der Waals surface area contributed by atoms with Crippen LogP contribution in [-0.4, -0.2) is 37.2 Å². The molecule has 0 aliphatic rings. The normalized spacial score (nSPS) is 12.7. The Morgan fingerprint density at radius 2 is 0.565 bits per heavy atom. The Labute approximate surface area is 426 Å². The fourth-order valence-corrected chi connectivity index (χ4v) is 8.03. The number of unbranched alkanes of at least 4 members (excludes halogenated alkanes) is 27. The molecule has 0 amide bonds. The molecule has 0 N–H and O–H groups in total. The van der Waals surface area contributed by atoms with Gasteiger partial charge in [0, 0.05) is 19.3 Å². The van der Waals surface area contributed by atoms with E-state index in [9.17, 15) is 14.4 Å². The van der Waals surface area contributed by atoms with Gasteiger partial charge in [-0.2, -0.15) is 0 Å². The predicted molar refractivity (Wildman–Crippen MR) is 297 cm³/mol. The highest BCUT2D eigenvalue weighted by molar-refractivity contribution is 5.71. The van der Waals surface area contributed by atoms with E-state index in [1.807, 2.05) is 0 Å². The Morgan fingerprint density at radius 3 is 0.913 bits per heavy atom. The predicted octanol–water partition coefficient (Wildman–Crippen LogP) is 19.5. The molecule has 1 unspecified atom stereocenters. The number of hydrogen-bond acceptors (Lipinski definition) is 6. The third-order valence-corrected chi connectivity index (χ3v) is 12.4. The number of carbonyl (C=O) groups is 3. The van der Waals surface area contributed by atoms with Crippen molar-refractivity contribution in [2.75, 3.05) is 13.2 Å². The molecule has 0 heterocycles. The van der Waals surface area contributed by atoms with Gasteiger partial charge in [-0.25, -0.2) is 0 Å². The summed E-state index contributed by atoms with van der Waals surface area (Å²) < 4.78 is 16.8. The van der Waals surface area contributed by atoms with Gasteiger partial charge in [-0.1, -0.05) is 247 Å². The number of esters is 3. The highest BCUT2D eigenvalue weighted by atomic mass is 16.6. The summed E-state index contributed by atoms with van der Waals surface area (Å²) in [6, 6.07) is 0. The van der Waals surface area contributed by atoms with Gasteiger partial charge >= 0.3 is 17.9 Å². The molecule has 0 rings (SSSR count). The fraction of sp³-hybridized carbons (Fsp3) is 0.730. The number of ether oxygens (including phenoxy) is 3. The molecular formula is C63H108O6. The molecule has 6 heteroatoms. The molecule has 0 aliphatic carbocycles. The van der Waals surface area contributed by atoms with Crippen molar-refractivity contribution in [3.8, 4) is 0 Å². The quantitative estimate of drug-likeness (QED) is 0.0262. The van der Waals surface area contributed by atoms with E-state index in [0.29, 0.717) is 19.3 Å². The van der Waals surface area contributed by atoms with Gasteiger partial charge in [-0.05, 0) is 96.3 Å². The van der Waals surface area contributed by atoms with Crippen LogP contribution < -0.4 is 0 Å². The van der Waals surface area contributed by atoms with Crippen molar-refractivity contribution < 1.29 is 28.6 Å². The first-order valence-corrected chi connectivity index (χ1v) is 29.1. The van der Waals surface area contributed by atoms with Crippen molar-refractivity contribution in [1.29, 1.82) is 0 Å². The van der Waals surface area contributed by atoms with Gasteiger partial charge in [0.2, 0.25) is 0 Å². The second-order valence-corrected chi connectivity index (χ2v) is 19.2. The van der Waals surface area contributed by atoms with E-state index >= 15 is 0 Å². The van der Waals surface area contributed by atoms with Gasteiger partial charge in [0.15, 0.2) is 6.10 Å². The van der Waals surface area contributed by atoms with E-state index in [2.05, 4.69) is 106 Å². The van der Waals surface area contributed by atoms with Crippen LogP contribution in [0.15, 0.2) is 85.1 Å². The molecule has 0 spiro atoms. The van der Waals surface area contributed by atoms with E-state index < -0.39 is 6.10 Å². The number of carbonyl (C=O) groups excluding carboxylic acids is 3. The van der Waals surface area contributed by atoms with Crippen LogP contribution in [0.3, 0.4) is 0 Å². The summed E-state index contributed by atoms with van der Waals surface area (Å²) in [5.41, 5.74) is 0. The van der Waals surface area contributed by atoms with E-state index in [0.717, 1.165) is 96.3 Å².